The van der Waals surface area contributed by atoms with Gasteiger partial charge in [0.2, 0.25) is 11.8 Å². The van der Waals surface area contributed by atoms with E-state index in [0.29, 0.717) is 30.6 Å². The number of benzene rings is 2. The van der Waals surface area contributed by atoms with Crippen LogP contribution in [0.15, 0.2) is 24.3 Å². The van der Waals surface area contributed by atoms with Crippen molar-refractivity contribution in [1.82, 2.24) is 4.90 Å². The molecular weight excluding hydrogens is 390 g/mol. The molecule has 0 fully saturated rings. The lowest BCUT2D eigenvalue weighted by Gasteiger charge is -2.36. The molecule has 0 aliphatic carbocycles. The van der Waals surface area contributed by atoms with E-state index in [4.69, 9.17) is 0 Å². The quantitative estimate of drug-likeness (QED) is 0.711. The summed E-state index contributed by atoms with van der Waals surface area (Å²) in [5.74, 6) is 0.0521. The summed E-state index contributed by atoms with van der Waals surface area (Å²) in [5.41, 5.74) is 6.23. The number of nitrogens with zero attached hydrogens (tertiary/aromatic N) is 2. The maximum Gasteiger partial charge on any atom is 0.247 e. The summed E-state index contributed by atoms with van der Waals surface area (Å²) in [7, 11) is 3.98. The minimum absolute atomic E-state index is 0.00153. The number of aromatic hydroxyl groups is 1. The smallest absolute Gasteiger partial charge is 0.247 e. The third kappa shape index (κ3) is 4.53. The van der Waals surface area contributed by atoms with Gasteiger partial charge in [-0.1, -0.05) is 13.0 Å². The van der Waals surface area contributed by atoms with Crippen LogP contribution in [0.5, 0.6) is 5.75 Å². The predicted octanol–water partition coefficient (Wildman–Crippen LogP) is 4.08. The number of hydrogen-bond donors (Lipinski definition) is 2. The number of nitrogens with one attached hydrogen (secondary N) is 1. The number of phenols is 1. The number of amides is 2. The molecule has 0 bridgehead atoms. The Morgan fingerprint density at radius 3 is 2.48 bits per heavy atom. The molecule has 0 spiro atoms. The Hall–Kier alpha value is -3.02. The van der Waals surface area contributed by atoms with Crippen molar-refractivity contribution >= 4 is 23.2 Å². The van der Waals surface area contributed by atoms with Gasteiger partial charge in [-0.15, -0.1) is 0 Å². The Morgan fingerprint density at radius 1 is 1.13 bits per heavy atom. The molecule has 166 valence electrons. The van der Waals surface area contributed by atoms with Crippen LogP contribution in [-0.4, -0.2) is 42.0 Å². The molecule has 2 N–H and O–H groups in total. The minimum atomic E-state index is -0.564. The van der Waals surface area contributed by atoms with Gasteiger partial charge in [-0.2, -0.15) is 0 Å². The molecule has 0 aromatic heterocycles. The topological polar surface area (TPSA) is 72.9 Å². The number of rotatable bonds is 5. The molecule has 1 aliphatic rings. The Balaban J connectivity index is 1.93. The van der Waals surface area contributed by atoms with Gasteiger partial charge in [0, 0.05) is 44.9 Å². The van der Waals surface area contributed by atoms with Crippen LogP contribution < -0.4 is 10.2 Å². The van der Waals surface area contributed by atoms with Crippen LogP contribution in [0, 0.1) is 20.8 Å². The molecule has 1 aliphatic heterocycles. The van der Waals surface area contributed by atoms with Crippen molar-refractivity contribution in [3.05, 3.63) is 52.1 Å². The van der Waals surface area contributed by atoms with E-state index in [1.165, 1.54) is 0 Å². The van der Waals surface area contributed by atoms with E-state index in [1.807, 2.05) is 52.8 Å². The third-order valence-corrected chi connectivity index (χ3v) is 6.24. The Kier molecular flexibility index (Phi) is 6.58. The van der Waals surface area contributed by atoms with Gasteiger partial charge in [0.05, 0.1) is 0 Å². The second-order valence-corrected chi connectivity index (χ2v) is 8.67. The number of carbonyl (C=O) groups excluding carboxylic acids is 2. The van der Waals surface area contributed by atoms with Crippen LogP contribution in [0.25, 0.3) is 0 Å². The lowest BCUT2D eigenvalue weighted by Crippen LogP contribution is -2.50. The highest BCUT2D eigenvalue weighted by atomic mass is 16.3. The van der Waals surface area contributed by atoms with Crippen LogP contribution in [0.1, 0.15) is 47.6 Å². The van der Waals surface area contributed by atoms with Crippen LogP contribution in [0.2, 0.25) is 0 Å². The van der Waals surface area contributed by atoms with E-state index in [-0.39, 0.29) is 17.6 Å². The number of fused-ring (bicyclic) bond motifs is 1. The van der Waals surface area contributed by atoms with Crippen molar-refractivity contribution < 1.29 is 14.7 Å². The SMILES string of the molecule is CCCC(=O)N1Cc2cc(N(C)C)ccc2C[C@H]1C(=O)Nc1cc(C)c(O)c(C)c1C. The molecule has 1 heterocycles. The normalized spacial score (nSPS) is 15.4. The van der Waals surface area contributed by atoms with Crippen molar-refractivity contribution in [2.24, 2.45) is 0 Å². The van der Waals surface area contributed by atoms with Gasteiger partial charge >= 0.3 is 0 Å². The predicted molar refractivity (Wildman–Crippen MR) is 125 cm³/mol. The molecule has 2 aromatic rings. The van der Waals surface area contributed by atoms with Gasteiger partial charge < -0.3 is 20.2 Å². The second kappa shape index (κ2) is 9.00. The number of aryl methyl sites for hydroxylation is 1. The van der Waals surface area contributed by atoms with Gasteiger partial charge in [-0.3, -0.25) is 9.59 Å². The third-order valence-electron chi connectivity index (χ3n) is 6.24. The van der Waals surface area contributed by atoms with Crippen molar-refractivity contribution in [3.63, 3.8) is 0 Å². The van der Waals surface area contributed by atoms with Gasteiger partial charge in [-0.25, -0.2) is 0 Å². The van der Waals surface area contributed by atoms with E-state index in [1.54, 1.807) is 11.0 Å². The summed E-state index contributed by atoms with van der Waals surface area (Å²) < 4.78 is 0. The van der Waals surface area contributed by atoms with Crippen LogP contribution >= 0.6 is 0 Å². The lowest BCUT2D eigenvalue weighted by molar-refractivity contribution is -0.140. The van der Waals surface area contributed by atoms with E-state index in [9.17, 15) is 14.7 Å². The first kappa shape index (κ1) is 22.7. The maximum absolute atomic E-state index is 13.4. The van der Waals surface area contributed by atoms with Crippen molar-refractivity contribution in [2.45, 2.75) is 59.5 Å². The van der Waals surface area contributed by atoms with Crippen LogP contribution in [0.4, 0.5) is 11.4 Å². The summed E-state index contributed by atoms with van der Waals surface area (Å²) in [5, 5.41) is 13.2. The summed E-state index contributed by atoms with van der Waals surface area (Å²) >= 11 is 0. The molecule has 31 heavy (non-hydrogen) atoms. The van der Waals surface area contributed by atoms with Crippen molar-refractivity contribution in [1.29, 1.82) is 0 Å². The number of hydrogen-bond acceptors (Lipinski definition) is 4. The first-order valence-electron chi connectivity index (χ1n) is 10.8. The second-order valence-electron chi connectivity index (χ2n) is 8.67. The Labute approximate surface area is 184 Å². The summed E-state index contributed by atoms with van der Waals surface area (Å²) in [4.78, 5) is 30.0. The van der Waals surface area contributed by atoms with Crippen molar-refractivity contribution in [3.8, 4) is 5.75 Å². The first-order chi connectivity index (χ1) is 14.6. The Morgan fingerprint density at radius 2 is 1.84 bits per heavy atom. The summed E-state index contributed by atoms with van der Waals surface area (Å²) in [6, 6.07) is 7.44. The van der Waals surface area contributed by atoms with E-state index in [2.05, 4.69) is 17.4 Å². The number of carbonyl (C=O) groups is 2. The summed E-state index contributed by atoms with van der Waals surface area (Å²) in [6.45, 7) is 7.93. The number of phenolic OH excluding ortho intramolecular Hbond substituents is 1. The molecule has 1 atom stereocenters. The first-order valence-corrected chi connectivity index (χ1v) is 10.8. The van der Waals surface area contributed by atoms with Gasteiger partial charge in [0.1, 0.15) is 11.8 Å². The monoisotopic (exact) mass is 423 g/mol. The van der Waals surface area contributed by atoms with Crippen LogP contribution in [-0.2, 0) is 22.6 Å². The molecule has 0 radical (unpaired) electrons. The fourth-order valence-electron chi connectivity index (χ4n) is 4.12. The number of anilines is 2. The van der Waals surface area contributed by atoms with E-state index < -0.39 is 6.04 Å². The molecule has 2 amide bonds. The molecule has 0 unspecified atom stereocenters. The minimum Gasteiger partial charge on any atom is -0.507 e. The molecule has 3 rings (SSSR count). The van der Waals surface area contributed by atoms with Gasteiger partial charge in [0.15, 0.2) is 0 Å². The molecule has 6 heteroatoms. The van der Waals surface area contributed by atoms with E-state index >= 15 is 0 Å². The van der Waals surface area contributed by atoms with E-state index in [0.717, 1.165) is 34.4 Å². The highest BCUT2D eigenvalue weighted by Crippen LogP contribution is 2.32. The molecule has 0 saturated carbocycles. The fraction of sp³-hybridized carbons (Fsp3) is 0.440. The zero-order valence-electron chi connectivity index (χ0n) is 19.4. The fourth-order valence-corrected chi connectivity index (χ4v) is 4.12. The van der Waals surface area contributed by atoms with Crippen LogP contribution in [0.3, 0.4) is 0 Å². The maximum atomic E-state index is 13.4. The average Bonchev–Trinajstić information content (AvgIpc) is 2.74. The van der Waals surface area contributed by atoms with Gasteiger partial charge in [-0.05, 0) is 73.2 Å². The summed E-state index contributed by atoms with van der Waals surface area (Å²) in [6.07, 6.45) is 1.64. The molecule has 0 saturated heterocycles. The molecular formula is C25H33N3O3. The highest BCUT2D eigenvalue weighted by Gasteiger charge is 2.34. The Bertz CT molecular complexity index is 1010. The van der Waals surface area contributed by atoms with Gasteiger partial charge in [0.25, 0.3) is 0 Å². The lowest BCUT2D eigenvalue weighted by atomic mass is 9.92. The molecule has 6 nitrogen and oxygen atoms in total. The molecule has 2 aromatic carbocycles. The zero-order chi connectivity index (χ0) is 22.9. The average molecular weight is 424 g/mol. The van der Waals surface area contributed by atoms with Crippen molar-refractivity contribution in [2.75, 3.05) is 24.3 Å². The standard InChI is InChI=1S/C25H33N3O3/c1-7-8-23(29)28-14-19-12-20(27(5)6)10-9-18(19)13-22(28)25(31)26-21-11-15(2)24(30)17(4)16(21)3/h9-12,22,30H,7-8,13-14H2,1-6H3,(H,26,31)/t22-/m0/s1. The zero-order valence-corrected chi connectivity index (χ0v) is 19.4. The highest BCUT2D eigenvalue weighted by molar-refractivity contribution is 5.98. The largest absolute Gasteiger partial charge is 0.507 e.